The van der Waals surface area contributed by atoms with Crippen LogP contribution in [-0.4, -0.2) is 48.8 Å². The van der Waals surface area contributed by atoms with E-state index in [1.807, 2.05) is 91.9 Å². The third-order valence-corrected chi connectivity index (χ3v) is 7.89. The Kier molecular flexibility index (Phi) is 11.8. The third kappa shape index (κ3) is 8.22. The highest BCUT2D eigenvalue weighted by Crippen LogP contribution is 2.45. The normalized spacial score (nSPS) is 16.9. The monoisotopic (exact) mass is 645 g/mol. The average molecular weight is 646 g/mol. The van der Waals surface area contributed by atoms with Crippen molar-refractivity contribution >= 4 is 23.6 Å². The van der Waals surface area contributed by atoms with Crippen LogP contribution in [0.3, 0.4) is 0 Å². The molecule has 48 heavy (non-hydrogen) atoms. The molecule has 4 aromatic carbocycles. The van der Waals surface area contributed by atoms with Crippen molar-refractivity contribution in [1.82, 2.24) is 5.32 Å². The van der Waals surface area contributed by atoms with Gasteiger partial charge in [0.2, 0.25) is 5.90 Å². The topological polar surface area (TPSA) is 138 Å². The van der Waals surface area contributed by atoms with Gasteiger partial charge in [0.15, 0.2) is 11.6 Å². The number of carbonyl (C=O) groups is 1. The number of nitrogens with zero attached hydrogens (tertiary/aromatic N) is 4. The SMILES string of the molecule is CCOc1ccccc1CCNC(=O)[C@]1(C/C=C/c2ccccc2)N=C(c2ccc(OCCCO)cc2)O[C@@H]1c1ccccc1N=[N+]=[N-]. The fourth-order valence-corrected chi connectivity index (χ4v) is 5.55. The van der Waals surface area contributed by atoms with Gasteiger partial charge in [0.05, 0.1) is 13.2 Å². The molecule has 1 heterocycles. The van der Waals surface area contributed by atoms with E-state index in [1.54, 1.807) is 30.3 Å². The maximum absolute atomic E-state index is 14.5. The van der Waals surface area contributed by atoms with Crippen molar-refractivity contribution in [2.75, 3.05) is 26.4 Å². The van der Waals surface area contributed by atoms with Crippen LogP contribution >= 0.6 is 0 Å². The molecule has 0 saturated heterocycles. The smallest absolute Gasteiger partial charge is 0.252 e. The van der Waals surface area contributed by atoms with E-state index < -0.39 is 11.6 Å². The van der Waals surface area contributed by atoms with E-state index in [2.05, 4.69) is 15.3 Å². The van der Waals surface area contributed by atoms with Gasteiger partial charge in [-0.25, -0.2) is 4.99 Å². The molecule has 0 unspecified atom stereocenters. The second-order valence-corrected chi connectivity index (χ2v) is 11.1. The molecule has 0 aromatic heterocycles. The van der Waals surface area contributed by atoms with Crippen molar-refractivity contribution < 1.29 is 24.1 Å². The Morgan fingerprint density at radius 3 is 2.54 bits per heavy atom. The van der Waals surface area contributed by atoms with E-state index in [-0.39, 0.29) is 24.8 Å². The summed E-state index contributed by atoms with van der Waals surface area (Å²) in [4.78, 5) is 22.6. The molecule has 10 heteroatoms. The first kappa shape index (κ1) is 33.8. The van der Waals surface area contributed by atoms with Crippen LogP contribution in [0.2, 0.25) is 0 Å². The van der Waals surface area contributed by atoms with Crippen LogP contribution in [0.1, 0.15) is 48.1 Å². The molecule has 2 N–H and O–H groups in total. The Hall–Kier alpha value is -5.57. The van der Waals surface area contributed by atoms with E-state index in [9.17, 15) is 10.3 Å². The number of aliphatic imine (C=N–C) groups is 1. The van der Waals surface area contributed by atoms with Crippen molar-refractivity contribution in [3.63, 3.8) is 0 Å². The molecule has 0 fully saturated rings. The van der Waals surface area contributed by atoms with E-state index in [1.165, 1.54) is 0 Å². The molecule has 1 aliphatic rings. The summed E-state index contributed by atoms with van der Waals surface area (Å²) in [6, 6.07) is 31.9. The lowest BCUT2D eigenvalue weighted by Crippen LogP contribution is -2.48. The number of carbonyl (C=O) groups excluding carboxylic acids is 1. The van der Waals surface area contributed by atoms with E-state index in [4.69, 9.17) is 24.3 Å². The number of para-hydroxylation sites is 1. The Labute approximate surface area is 280 Å². The molecule has 246 valence electrons. The zero-order valence-electron chi connectivity index (χ0n) is 26.9. The average Bonchev–Trinajstić information content (AvgIpc) is 3.51. The molecule has 0 spiro atoms. The quantitative estimate of drug-likeness (QED) is 0.0562. The van der Waals surface area contributed by atoms with Gasteiger partial charge in [0, 0.05) is 47.7 Å². The highest BCUT2D eigenvalue weighted by Gasteiger charge is 2.53. The Morgan fingerprint density at radius 2 is 1.77 bits per heavy atom. The molecule has 10 nitrogen and oxygen atoms in total. The van der Waals surface area contributed by atoms with Crippen LogP contribution in [0.15, 0.2) is 119 Å². The maximum atomic E-state index is 14.5. The predicted octanol–water partition coefficient (Wildman–Crippen LogP) is 7.51. The molecule has 2 atom stereocenters. The van der Waals surface area contributed by atoms with E-state index >= 15 is 0 Å². The van der Waals surface area contributed by atoms with Crippen molar-refractivity contribution in [3.8, 4) is 11.5 Å². The molecular formula is C38H39N5O5. The summed E-state index contributed by atoms with van der Waals surface area (Å²) in [5.74, 6) is 1.37. The fraction of sp³-hybridized carbons (Fsp3) is 0.263. The van der Waals surface area contributed by atoms with Gasteiger partial charge in [-0.1, -0.05) is 90.1 Å². The van der Waals surface area contributed by atoms with Crippen molar-refractivity contribution in [1.29, 1.82) is 0 Å². The highest BCUT2D eigenvalue weighted by molar-refractivity contribution is 6.01. The maximum Gasteiger partial charge on any atom is 0.252 e. The van der Waals surface area contributed by atoms with Gasteiger partial charge in [-0.15, -0.1) is 0 Å². The zero-order valence-corrected chi connectivity index (χ0v) is 26.9. The van der Waals surface area contributed by atoms with Crippen molar-refractivity contribution in [2.24, 2.45) is 10.1 Å². The lowest BCUT2D eigenvalue weighted by Gasteiger charge is -2.30. The summed E-state index contributed by atoms with van der Waals surface area (Å²) >= 11 is 0. The predicted molar refractivity (Wildman–Crippen MR) is 186 cm³/mol. The number of azide groups is 1. The molecule has 1 aliphatic heterocycles. The van der Waals surface area contributed by atoms with Gasteiger partial charge in [-0.05, 0) is 60.3 Å². The van der Waals surface area contributed by atoms with Crippen LogP contribution in [0.25, 0.3) is 16.5 Å². The van der Waals surface area contributed by atoms with Gasteiger partial charge in [0.1, 0.15) is 11.5 Å². The lowest BCUT2D eigenvalue weighted by atomic mass is 9.83. The van der Waals surface area contributed by atoms with Gasteiger partial charge in [-0.3, -0.25) is 4.79 Å². The first-order valence-corrected chi connectivity index (χ1v) is 16.0. The molecule has 0 bridgehead atoms. The number of aliphatic hydroxyl groups is 1. The first-order chi connectivity index (χ1) is 23.6. The van der Waals surface area contributed by atoms with Crippen LogP contribution in [0.4, 0.5) is 5.69 Å². The number of benzene rings is 4. The number of hydrogen-bond donors (Lipinski definition) is 2. The molecule has 0 aliphatic carbocycles. The van der Waals surface area contributed by atoms with Crippen molar-refractivity contribution in [3.05, 3.63) is 142 Å². The summed E-state index contributed by atoms with van der Waals surface area (Å²) in [5, 5.41) is 16.2. The molecule has 4 aromatic rings. The van der Waals surface area contributed by atoms with Gasteiger partial charge >= 0.3 is 0 Å². The minimum absolute atomic E-state index is 0.0450. The second-order valence-electron chi connectivity index (χ2n) is 11.1. The van der Waals surface area contributed by atoms with Crippen LogP contribution in [-0.2, 0) is 16.0 Å². The Balaban J connectivity index is 1.53. The lowest BCUT2D eigenvalue weighted by molar-refractivity contribution is -0.128. The molecule has 5 rings (SSSR count). The number of nitrogens with one attached hydrogen (secondary N) is 1. The zero-order chi connectivity index (χ0) is 33.6. The summed E-state index contributed by atoms with van der Waals surface area (Å²) in [5.41, 5.74) is 11.4. The van der Waals surface area contributed by atoms with E-state index in [0.29, 0.717) is 55.2 Å². The van der Waals surface area contributed by atoms with Gasteiger partial charge in [-0.2, -0.15) is 0 Å². The minimum atomic E-state index is -1.45. The molecule has 1 amide bonds. The Morgan fingerprint density at radius 1 is 1.02 bits per heavy atom. The van der Waals surface area contributed by atoms with Gasteiger partial charge < -0.3 is 24.6 Å². The number of hydrogen-bond acceptors (Lipinski definition) is 7. The molecular weight excluding hydrogens is 606 g/mol. The third-order valence-electron chi connectivity index (χ3n) is 7.89. The fourth-order valence-electron chi connectivity index (χ4n) is 5.55. The minimum Gasteiger partial charge on any atom is -0.494 e. The first-order valence-electron chi connectivity index (χ1n) is 16.0. The number of ether oxygens (including phenoxy) is 3. The van der Waals surface area contributed by atoms with Crippen molar-refractivity contribution in [2.45, 2.75) is 37.8 Å². The van der Waals surface area contributed by atoms with Crippen LogP contribution < -0.4 is 14.8 Å². The van der Waals surface area contributed by atoms with Gasteiger partial charge in [0.25, 0.3) is 5.91 Å². The number of amides is 1. The summed E-state index contributed by atoms with van der Waals surface area (Å²) in [6.07, 6.45) is 4.24. The number of rotatable bonds is 16. The Bertz CT molecular complexity index is 1770. The second kappa shape index (κ2) is 16.8. The van der Waals surface area contributed by atoms with E-state index in [0.717, 1.165) is 16.9 Å². The summed E-state index contributed by atoms with van der Waals surface area (Å²) in [6.45, 7) is 3.24. The molecule has 0 saturated carbocycles. The van der Waals surface area contributed by atoms with Crippen LogP contribution in [0, 0.1) is 0 Å². The highest BCUT2D eigenvalue weighted by atomic mass is 16.5. The summed E-state index contributed by atoms with van der Waals surface area (Å²) in [7, 11) is 0. The van der Waals surface area contributed by atoms with Crippen LogP contribution in [0.5, 0.6) is 11.5 Å². The largest absolute Gasteiger partial charge is 0.494 e. The molecule has 0 radical (unpaired) electrons. The standard InChI is InChI=1S/C38H39N5O5/c1-2-46-34-18-9-6-15-29(34)23-25-40-37(45)38(24-10-14-28-12-4-3-5-13-28)35(32-16-7-8-17-33(32)42-43-39)48-36(41-38)30-19-21-31(22-20-30)47-27-11-26-44/h3-10,12-22,35,44H,2,11,23-27H2,1H3,(H,40,45)/b14-10+/t35-,38-/m1/s1. The summed E-state index contributed by atoms with van der Waals surface area (Å²) < 4.78 is 18.1. The number of aliphatic hydroxyl groups excluding tert-OH is 1.